The van der Waals surface area contributed by atoms with Gasteiger partial charge in [0.05, 0.1) is 12.0 Å². The summed E-state index contributed by atoms with van der Waals surface area (Å²) in [5, 5.41) is 5.22. The maximum Gasteiger partial charge on any atom is 0.238 e. The van der Waals surface area contributed by atoms with Crippen LogP contribution >= 0.6 is 15.9 Å². The Balaban J connectivity index is 2.76. The van der Waals surface area contributed by atoms with E-state index in [1.165, 1.54) is 13.2 Å². The Hall–Kier alpha value is -1.44. The number of benzene rings is 1. The zero-order valence-corrected chi connectivity index (χ0v) is 12.4. The molecule has 0 fully saturated rings. The molecule has 1 aromatic carbocycles. The number of sulfonamides is 1. The topological polar surface area (TPSA) is 82.3 Å². The standard InChI is InChI=1S/C12H11BrN2O3S/c1-18-12-10(6-8(13)7-15-12)9-4-2-3-5-11(9)19(14,16)17/h2-7H,1H3,(H2,14,16,17). The monoisotopic (exact) mass is 342 g/mol. The lowest BCUT2D eigenvalue weighted by Gasteiger charge is -2.11. The van der Waals surface area contributed by atoms with E-state index in [0.717, 1.165) is 0 Å². The fourth-order valence-electron chi connectivity index (χ4n) is 1.72. The van der Waals surface area contributed by atoms with Crippen molar-refractivity contribution in [2.75, 3.05) is 7.11 Å². The van der Waals surface area contributed by atoms with Crippen LogP contribution in [-0.4, -0.2) is 20.5 Å². The van der Waals surface area contributed by atoms with Crippen molar-refractivity contribution >= 4 is 26.0 Å². The van der Waals surface area contributed by atoms with Crippen molar-refractivity contribution in [3.8, 4) is 17.0 Å². The molecule has 19 heavy (non-hydrogen) atoms. The number of ether oxygens (including phenoxy) is 1. The first-order chi connectivity index (χ1) is 8.93. The quantitative estimate of drug-likeness (QED) is 0.926. The van der Waals surface area contributed by atoms with E-state index in [9.17, 15) is 8.42 Å². The molecule has 0 amide bonds. The normalized spacial score (nSPS) is 11.3. The molecule has 0 unspecified atom stereocenters. The maximum atomic E-state index is 11.6. The lowest BCUT2D eigenvalue weighted by Crippen LogP contribution is -2.13. The molecule has 2 rings (SSSR count). The van der Waals surface area contributed by atoms with Crippen LogP contribution in [0.3, 0.4) is 0 Å². The number of aromatic nitrogens is 1. The van der Waals surface area contributed by atoms with Crippen LogP contribution < -0.4 is 9.88 Å². The second-order valence-corrected chi connectivity index (χ2v) is 6.20. The van der Waals surface area contributed by atoms with Gasteiger partial charge in [0.1, 0.15) is 0 Å². The van der Waals surface area contributed by atoms with E-state index in [2.05, 4.69) is 20.9 Å². The van der Waals surface area contributed by atoms with Crippen LogP contribution in [0.25, 0.3) is 11.1 Å². The molecule has 5 nitrogen and oxygen atoms in total. The van der Waals surface area contributed by atoms with E-state index < -0.39 is 10.0 Å². The number of primary sulfonamides is 1. The molecule has 0 atom stereocenters. The summed E-state index contributed by atoms with van der Waals surface area (Å²) < 4.78 is 29.1. The van der Waals surface area contributed by atoms with Crippen molar-refractivity contribution in [1.82, 2.24) is 4.98 Å². The first kappa shape index (κ1) is 14.0. The maximum absolute atomic E-state index is 11.6. The van der Waals surface area contributed by atoms with Crippen LogP contribution in [0.5, 0.6) is 5.88 Å². The highest BCUT2D eigenvalue weighted by molar-refractivity contribution is 9.10. The molecule has 7 heteroatoms. The summed E-state index contributed by atoms with van der Waals surface area (Å²) in [6, 6.07) is 8.18. The van der Waals surface area contributed by atoms with Gasteiger partial charge in [-0.3, -0.25) is 0 Å². The Morgan fingerprint density at radius 3 is 2.58 bits per heavy atom. The van der Waals surface area contributed by atoms with Crippen molar-refractivity contribution in [3.05, 3.63) is 41.0 Å². The van der Waals surface area contributed by atoms with Crippen LogP contribution in [0.15, 0.2) is 45.9 Å². The van der Waals surface area contributed by atoms with Crippen LogP contribution in [0.2, 0.25) is 0 Å². The van der Waals surface area contributed by atoms with E-state index in [1.807, 2.05) is 0 Å². The second kappa shape index (κ2) is 5.28. The molecular weight excluding hydrogens is 332 g/mol. The number of nitrogens with two attached hydrogens (primary N) is 1. The molecule has 0 radical (unpaired) electrons. The molecule has 1 heterocycles. The third kappa shape index (κ3) is 2.94. The summed E-state index contributed by atoms with van der Waals surface area (Å²) in [5.74, 6) is 0.333. The minimum Gasteiger partial charge on any atom is -0.481 e. The van der Waals surface area contributed by atoms with Gasteiger partial charge in [0, 0.05) is 21.8 Å². The Kier molecular flexibility index (Phi) is 3.88. The lowest BCUT2D eigenvalue weighted by atomic mass is 10.1. The summed E-state index contributed by atoms with van der Waals surface area (Å²) in [5.41, 5.74) is 1.01. The van der Waals surface area contributed by atoms with Gasteiger partial charge in [0.25, 0.3) is 0 Å². The summed E-state index contributed by atoms with van der Waals surface area (Å²) in [4.78, 5) is 4.13. The molecule has 2 N–H and O–H groups in total. The van der Waals surface area contributed by atoms with Crippen LogP contribution in [0.1, 0.15) is 0 Å². The fourth-order valence-corrected chi connectivity index (χ4v) is 2.80. The van der Waals surface area contributed by atoms with Gasteiger partial charge in [-0.15, -0.1) is 0 Å². The van der Waals surface area contributed by atoms with Gasteiger partial charge in [-0.05, 0) is 28.1 Å². The average molecular weight is 343 g/mol. The third-order valence-corrected chi connectivity index (χ3v) is 3.90. The van der Waals surface area contributed by atoms with Gasteiger partial charge in [-0.1, -0.05) is 18.2 Å². The molecule has 0 spiro atoms. The van der Waals surface area contributed by atoms with Crippen molar-refractivity contribution in [2.45, 2.75) is 4.90 Å². The number of pyridine rings is 1. The number of hydrogen-bond donors (Lipinski definition) is 1. The van der Waals surface area contributed by atoms with Crippen molar-refractivity contribution in [3.63, 3.8) is 0 Å². The minimum atomic E-state index is -3.82. The van der Waals surface area contributed by atoms with Crippen LogP contribution in [-0.2, 0) is 10.0 Å². The van der Waals surface area contributed by atoms with Gasteiger partial charge >= 0.3 is 0 Å². The first-order valence-electron chi connectivity index (χ1n) is 5.25. The largest absolute Gasteiger partial charge is 0.481 e. The Morgan fingerprint density at radius 1 is 1.26 bits per heavy atom. The lowest BCUT2D eigenvalue weighted by molar-refractivity contribution is 0.399. The van der Waals surface area contributed by atoms with E-state index in [1.54, 1.807) is 30.5 Å². The zero-order valence-electron chi connectivity index (χ0n) is 10.00. The zero-order chi connectivity index (χ0) is 14.0. The van der Waals surface area contributed by atoms with Crippen LogP contribution in [0.4, 0.5) is 0 Å². The Bertz CT molecular complexity index is 717. The smallest absolute Gasteiger partial charge is 0.238 e. The molecule has 2 aromatic rings. The van der Waals surface area contributed by atoms with Crippen molar-refractivity contribution in [1.29, 1.82) is 0 Å². The van der Waals surface area contributed by atoms with Gasteiger partial charge in [0.15, 0.2) is 0 Å². The SMILES string of the molecule is COc1ncc(Br)cc1-c1ccccc1S(N)(=O)=O. The van der Waals surface area contributed by atoms with E-state index in [4.69, 9.17) is 9.88 Å². The number of halogens is 1. The van der Waals surface area contributed by atoms with Gasteiger partial charge < -0.3 is 4.74 Å². The average Bonchev–Trinajstić information content (AvgIpc) is 2.37. The van der Waals surface area contributed by atoms with Crippen molar-refractivity contribution < 1.29 is 13.2 Å². The molecule has 1 aromatic heterocycles. The first-order valence-corrected chi connectivity index (χ1v) is 7.59. The molecule has 0 saturated carbocycles. The van der Waals surface area contributed by atoms with Gasteiger partial charge in [-0.2, -0.15) is 0 Å². The highest BCUT2D eigenvalue weighted by Gasteiger charge is 2.18. The fraction of sp³-hybridized carbons (Fsp3) is 0.0833. The summed E-state index contributed by atoms with van der Waals surface area (Å²) in [6.07, 6.45) is 1.57. The molecule has 0 aliphatic carbocycles. The Morgan fingerprint density at radius 2 is 1.95 bits per heavy atom. The van der Waals surface area contributed by atoms with Crippen molar-refractivity contribution in [2.24, 2.45) is 5.14 Å². The van der Waals surface area contributed by atoms with E-state index in [-0.39, 0.29) is 4.90 Å². The molecule has 0 aliphatic heterocycles. The predicted molar refractivity (Wildman–Crippen MR) is 75.3 cm³/mol. The van der Waals surface area contributed by atoms with E-state index >= 15 is 0 Å². The molecular formula is C12H11BrN2O3S. The minimum absolute atomic E-state index is 0.0354. The second-order valence-electron chi connectivity index (χ2n) is 3.75. The van der Waals surface area contributed by atoms with Gasteiger partial charge in [0.2, 0.25) is 15.9 Å². The summed E-state index contributed by atoms with van der Waals surface area (Å²) in [7, 11) is -2.35. The predicted octanol–water partition coefficient (Wildman–Crippen LogP) is 2.17. The number of nitrogens with zero attached hydrogens (tertiary/aromatic N) is 1. The molecule has 0 saturated heterocycles. The number of rotatable bonds is 3. The highest BCUT2D eigenvalue weighted by Crippen LogP contribution is 2.34. The number of hydrogen-bond acceptors (Lipinski definition) is 4. The third-order valence-electron chi connectivity index (χ3n) is 2.49. The van der Waals surface area contributed by atoms with Crippen LogP contribution in [0, 0.1) is 0 Å². The van der Waals surface area contributed by atoms with Gasteiger partial charge in [-0.25, -0.2) is 18.5 Å². The molecule has 0 aliphatic rings. The number of methoxy groups -OCH3 is 1. The highest BCUT2D eigenvalue weighted by atomic mass is 79.9. The summed E-state index contributed by atoms with van der Waals surface area (Å²) >= 11 is 3.30. The summed E-state index contributed by atoms with van der Waals surface area (Å²) in [6.45, 7) is 0. The Labute approximate surface area is 119 Å². The molecule has 0 bridgehead atoms. The van der Waals surface area contributed by atoms with E-state index in [0.29, 0.717) is 21.5 Å². The molecule has 100 valence electrons.